The molecule has 0 amide bonds. The standard InChI is InChI=1S/C34H30Cl2O4/c1-3-5-23-7-11-27(12-8-23)33(37)39-31(25-15-19-29(35)20-16-25)32(26-17-21-30(36)22-18-26)40-34(38)28-13-9-24(6-4-2)10-14-28/h7-22H,3-6H2,1-2H3/b32-31+. The summed E-state index contributed by atoms with van der Waals surface area (Å²) in [5, 5.41) is 1.02. The smallest absolute Gasteiger partial charge is 0.343 e. The molecule has 0 unspecified atom stereocenters. The van der Waals surface area contributed by atoms with Crippen LogP contribution in [0.2, 0.25) is 10.0 Å². The van der Waals surface area contributed by atoms with Crippen molar-refractivity contribution < 1.29 is 19.1 Å². The summed E-state index contributed by atoms with van der Waals surface area (Å²) in [7, 11) is 0. The van der Waals surface area contributed by atoms with Crippen LogP contribution in [0.25, 0.3) is 11.5 Å². The van der Waals surface area contributed by atoms with Gasteiger partial charge >= 0.3 is 11.9 Å². The number of rotatable bonds is 10. The highest BCUT2D eigenvalue weighted by Gasteiger charge is 2.23. The quantitative estimate of drug-likeness (QED) is 0.108. The number of benzene rings is 4. The van der Waals surface area contributed by atoms with E-state index in [0.717, 1.165) is 36.8 Å². The van der Waals surface area contributed by atoms with Crippen LogP contribution in [-0.2, 0) is 22.3 Å². The van der Waals surface area contributed by atoms with Crippen LogP contribution < -0.4 is 0 Å². The van der Waals surface area contributed by atoms with Crippen molar-refractivity contribution in [3.63, 3.8) is 0 Å². The lowest BCUT2D eigenvalue weighted by atomic mass is 10.1. The van der Waals surface area contributed by atoms with Gasteiger partial charge in [-0.2, -0.15) is 0 Å². The van der Waals surface area contributed by atoms with Crippen LogP contribution in [0.4, 0.5) is 0 Å². The Bertz CT molecular complexity index is 1360. The van der Waals surface area contributed by atoms with Crippen molar-refractivity contribution in [3.8, 4) is 0 Å². The van der Waals surface area contributed by atoms with E-state index < -0.39 is 11.9 Å². The maximum absolute atomic E-state index is 13.4. The first kappa shape index (κ1) is 29.1. The van der Waals surface area contributed by atoms with Crippen molar-refractivity contribution in [2.24, 2.45) is 0 Å². The number of hydrogen-bond acceptors (Lipinski definition) is 4. The minimum absolute atomic E-state index is 0.0811. The summed E-state index contributed by atoms with van der Waals surface area (Å²) in [5.74, 6) is -1.01. The molecule has 0 saturated heterocycles. The van der Waals surface area contributed by atoms with Crippen molar-refractivity contribution in [3.05, 3.63) is 140 Å². The summed E-state index contributed by atoms with van der Waals surface area (Å²) in [6, 6.07) is 28.1. The third-order valence-corrected chi connectivity index (χ3v) is 6.77. The van der Waals surface area contributed by atoms with Crippen molar-refractivity contribution >= 4 is 46.7 Å². The van der Waals surface area contributed by atoms with Gasteiger partial charge in [0.15, 0.2) is 11.5 Å². The molecule has 6 heteroatoms. The molecule has 0 aliphatic heterocycles. The van der Waals surface area contributed by atoms with Gasteiger partial charge in [-0.15, -0.1) is 0 Å². The summed E-state index contributed by atoms with van der Waals surface area (Å²) in [6.45, 7) is 4.20. The number of esters is 2. The van der Waals surface area contributed by atoms with E-state index in [1.807, 2.05) is 24.3 Å². The second kappa shape index (κ2) is 14.0. The molecule has 0 aliphatic rings. The summed E-state index contributed by atoms with van der Waals surface area (Å²) in [6.07, 6.45) is 3.84. The average Bonchev–Trinajstić information content (AvgIpc) is 2.97. The third-order valence-electron chi connectivity index (χ3n) is 6.27. The fourth-order valence-electron chi connectivity index (χ4n) is 4.17. The molecule has 0 aliphatic carbocycles. The molecule has 40 heavy (non-hydrogen) atoms. The van der Waals surface area contributed by atoms with Crippen LogP contribution in [-0.4, -0.2) is 11.9 Å². The van der Waals surface area contributed by atoms with Crippen LogP contribution in [0.5, 0.6) is 0 Å². The molecule has 0 heterocycles. The lowest BCUT2D eigenvalue weighted by Gasteiger charge is -2.17. The SMILES string of the molecule is CCCc1ccc(C(=O)O/C(=C(/OC(=O)c2ccc(CCC)cc2)c2ccc(Cl)cc2)c2ccc(Cl)cc2)cc1. The van der Waals surface area contributed by atoms with Gasteiger partial charge in [0.25, 0.3) is 0 Å². The van der Waals surface area contributed by atoms with E-state index in [1.54, 1.807) is 72.8 Å². The van der Waals surface area contributed by atoms with Gasteiger partial charge in [0.1, 0.15) is 0 Å². The molecule has 4 rings (SSSR count). The van der Waals surface area contributed by atoms with E-state index in [-0.39, 0.29) is 11.5 Å². The van der Waals surface area contributed by atoms with E-state index in [2.05, 4.69) is 13.8 Å². The molecule has 204 valence electrons. The average molecular weight is 574 g/mol. The number of carbonyl (C=O) groups excluding carboxylic acids is 2. The molecule has 0 aromatic heterocycles. The van der Waals surface area contributed by atoms with E-state index in [1.165, 1.54) is 0 Å². The predicted octanol–water partition coefficient (Wildman–Crippen LogP) is 9.44. The zero-order valence-electron chi connectivity index (χ0n) is 22.5. The molecule has 4 nitrogen and oxygen atoms in total. The number of aryl methyl sites for hydroxylation is 2. The zero-order valence-corrected chi connectivity index (χ0v) is 24.0. The van der Waals surface area contributed by atoms with Crippen LogP contribution in [0, 0.1) is 0 Å². The maximum atomic E-state index is 13.4. The Balaban J connectivity index is 1.78. The normalized spacial score (nSPS) is 11.5. The maximum Gasteiger partial charge on any atom is 0.343 e. The summed E-state index contributed by atoms with van der Waals surface area (Å²) in [4.78, 5) is 26.7. The molecule has 0 fully saturated rings. The Kier molecular flexibility index (Phi) is 10.2. The van der Waals surface area contributed by atoms with Crippen LogP contribution >= 0.6 is 23.2 Å². The Labute approximate surface area is 245 Å². The number of ether oxygens (including phenoxy) is 2. The summed E-state index contributed by atoms with van der Waals surface area (Å²) >= 11 is 12.3. The minimum atomic E-state index is -0.584. The number of halogens is 2. The molecule has 0 bridgehead atoms. The molecule has 0 N–H and O–H groups in total. The van der Waals surface area contributed by atoms with E-state index in [0.29, 0.717) is 32.3 Å². The predicted molar refractivity (Wildman–Crippen MR) is 161 cm³/mol. The van der Waals surface area contributed by atoms with Crippen molar-refractivity contribution in [1.82, 2.24) is 0 Å². The molecule has 4 aromatic rings. The fourth-order valence-corrected chi connectivity index (χ4v) is 4.42. The molecule has 4 aromatic carbocycles. The van der Waals surface area contributed by atoms with Gasteiger partial charge < -0.3 is 9.47 Å². The number of carbonyl (C=O) groups is 2. The first-order valence-corrected chi connectivity index (χ1v) is 14.0. The van der Waals surface area contributed by atoms with Gasteiger partial charge in [-0.3, -0.25) is 0 Å². The second-order valence-corrected chi connectivity index (χ2v) is 10.2. The molecule has 0 spiro atoms. The first-order valence-electron chi connectivity index (χ1n) is 13.3. The Morgan fingerprint density at radius 1 is 0.500 bits per heavy atom. The zero-order chi connectivity index (χ0) is 28.5. The lowest BCUT2D eigenvalue weighted by Crippen LogP contribution is -2.11. The highest BCUT2D eigenvalue weighted by Crippen LogP contribution is 2.32. The molecule has 0 saturated carbocycles. The Morgan fingerprint density at radius 2 is 0.800 bits per heavy atom. The van der Waals surface area contributed by atoms with Gasteiger partial charge in [0.2, 0.25) is 0 Å². The highest BCUT2D eigenvalue weighted by atomic mass is 35.5. The van der Waals surface area contributed by atoms with Gasteiger partial charge in [0.05, 0.1) is 11.1 Å². The van der Waals surface area contributed by atoms with Gasteiger partial charge in [-0.05, 0) is 96.8 Å². The molecular weight excluding hydrogens is 543 g/mol. The minimum Gasteiger partial charge on any atom is -0.418 e. The topological polar surface area (TPSA) is 52.6 Å². The van der Waals surface area contributed by atoms with Gasteiger partial charge in [-0.25, -0.2) is 9.59 Å². The van der Waals surface area contributed by atoms with Crippen molar-refractivity contribution in [1.29, 1.82) is 0 Å². The monoisotopic (exact) mass is 572 g/mol. The van der Waals surface area contributed by atoms with Crippen molar-refractivity contribution in [2.45, 2.75) is 39.5 Å². The molecule has 0 radical (unpaired) electrons. The molecular formula is C34H30Cl2O4. The third kappa shape index (κ3) is 7.62. The molecule has 0 atom stereocenters. The van der Waals surface area contributed by atoms with Gasteiger partial charge in [-0.1, -0.05) is 74.2 Å². The van der Waals surface area contributed by atoms with E-state index in [9.17, 15) is 9.59 Å². The van der Waals surface area contributed by atoms with Crippen LogP contribution in [0.15, 0.2) is 97.1 Å². The first-order chi connectivity index (χ1) is 19.4. The second-order valence-electron chi connectivity index (χ2n) is 9.34. The summed E-state index contributed by atoms with van der Waals surface area (Å²) < 4.78 is 12.0. The lowest BCUT2D eigenvalue weighted by molar-refractivity contribution is 0.0646. The highest BCUT2D eigenvalue weighted by molar-refractivity contribution is 6.31. The Hall–Kier alpha value is -3.86. The van der Waals surface area contributed by atoms with Gasteiger partial charge in [0, 0.05) is 21.2 Å². The number of hydrogen-bond donors (Lipinski definition) is 0. The summed E-state index contributed by atoms with van der Waals surface area (Å²) in [5.41, 5.74) is 4.04. The van der Waals surface area contributed by atoms with E-state index >= 15 is 0 Å². The van der Waals surface area contributed by atoms with E-state index in [4.69, 9.17) is 32.7 Å². The Morgan fingerprint density at radius 3 is 1.10 bits per heavy atom. The van der Waals surface area contributed by atoms with Crippen LogP contribution in [0.1, 0.15) is 69.7 Å². The largest absolute Gasteiger partial charge is 0.418 e. The van der Waals surface area contributed by atoms with Crippen molar-refractivity contribution in [2.75, 3.05) is 0 Å². The van der Waals surface area contributed by atoms with Crippen LogP contribution in [0.3, 0.4) is 0 Å². The fraction of sp³-hybridized carbons (Fsp3) is 0.176.